The molecule has 200 valence electrons. The van der Waals surface area contributed by atoms with Crippen LogP contribution in [0.1, 0.15) is 30.4 Å². The molecule has 0 radical (unpaired) electrons. The van der Waals surface area contributed by atoms with E-state index in [1.807, 2.05) is 0 Å². The Bertz CT molecular complexity index is 1650. The zero-order chi connectivity index (χ0) is 28.6. The van der Waals surface area contributed by atoms with E-state index < -0.39 is 30.0 Å². The van der Waals surface area contributed by atoms with Gasteiger partial charge in [-0.2, -0.15) is 0 Å². The number of carbonyl (C=O) groups is 1. The molecule has 0 amide bonds. The largest absolute Gasteiger partial charge is 1.00 e. The van der Waals surface area contributed by atoms with Gasteiger partial charge in [-0.05, 0) is 64.7 Å². The normalized spacial score (nSPS) is 15.7. The van der Waals surface area contributed by atoms with Crippen LogP contribution < -0.4 is 59.1 Å². The second kappa shape index (κ2) is 16.2. The minimum Gasteiger partial charge on any atom is -0.744 e. The topological polar surface area (TPSA) is 229 Å². The molecule has 17 heteroatoms. The summed E-state index contributed by atoms with van der Waals surface area (Å²) in [5, 5.41) is 6.58. The number of hydrogen-bond donors (Lipinski definition) is 0. The van der Waals surface area contributed by atoms with Gasteiger partial charge in [0, 0.05) is 21.2 Å². The van der Waals surface area contributed by atoms with Gasteiger partial charge in [0.1, 0.15) is 20.2 Å². The Morgan fingerprint density at radius 3 is 1.46 bits per heavy atom. The first kappa shape index (κ1) is 36.5. The van der Waals surface area contributed by atoms with Crippen molar-refractivity contribution in [3.8, 4) is 0 Å². The van der Waals surface area contributed by atoms with E-state index in [0.717, 1.165) is 12.1 Å². The van der Waals surface area contributed by atoms with Crippen molar-refractivity contribution in [2.75, 3.05) is 0 Å². The monoisotopic (exact) mass is 612 g/mol. The molecule has 0 atom stereocenters. The molecular weight excluding hydrogens is 594 g/mol. The molecule has 0 saturated heterocycles. The van der Waals surface area contributed by atoms with Gasteiger partial charge in [0.05, 0.1) is 9.79 Å². The second-order valence-corrected chi connectivity index (χ2v) is 10.7. The van der Waals surface area contributed by atoms with Crippen LogP contribution >= 0.6 is 0 Å². The molecular formula is C24H18N6Na2O7S2. The summed E-state index contributed by atoms with van der Waals surface area (Å²) in [6.07, 6.45) is 10.1. The standard InChI is InChI=1S/C24H20N6O7S2.2Na/c25-29-27-20-12-10-16(22(14-20)38(32,33)34)4-1-6-18-8-3-9-19(24(18)31)7-2-5-17-11-13-21(28-30-26)15-23(17)39(35,36)37;;/h1-2,4-7,10-15H,3,8-9H2,(H,32,33,34)(H,35,36,37);;/q;2*+1/p-2. The summed E-state index contributed by atoms with van der Waals surface area (Å²) in [5.41, 5.74) is 17.9. The van der Waals surface area contributed by atoms with Crippen LogP contribution in [0.4, 0.5) is 11.4 Å². The van der Waals surface area contributed by atoms with E-state index in [4.69, 9.17) is 11.1 Å². The van der Waals surface area contributed by atoms with E-state index >= 15 is 0 Å². The number of carbonyl (C=O) groups excluding carboxylic acids is 1. The van der Waals surface area contributed by atoms with Gasteiger partial charge < -0.3 is 9.11 Å². The van der Waals surface area contributed by atoms with Crippen LogP contribution in [-0.4, -0.2) is 31.7 Å². The third-order valence-electron chi connectivity index (χ3n) is 5.48. The fraction of sp³-hybridized carbons (Fsp3) is 0.125. The van der Waals surface area contributed by atoms with Gasteiger partial charge >= 0.3 is 59.1 Å². The SMILES string of the molecule is [N-]=[N+]=Nc1ccc(C=CC=C2CCCC(=CC=Cc3ccc(N=[N+]=[N-])cc3S(=O)(=O)[O-])C2=O)c(S(=O)(=O)[O-])c1.[Na+].[Na+]. The molecule has 0 N–H and O–H groups in total. The minimum atomic E-state index is -4.87. The average molecular weight is 613 g/mol. The van der Waals surface area contributed by atoms with Crippen LogP contribution in [0.3, 0.4) is 0 Å². The van der Waals surface area contributed by atoms with Crippen LogP contribution in [0.5, 0.6) is 0 Å². The zero-order valence-corrected chi connectivity index (χ0v) is 27.5. The number of rotatable bonds is 8. The molecule has 0 heterocycles. The van der Waals surface area contributed by atoms with Gasteiger partial charge in [-0.15, -0.1) is 0 Å². The van der Waals surface area contributed by atoms with Crippen LogP contribution in [-0.2, 0) is 25.0 Å². The quantitative estimate of drug-likeness (QED) is 0.0965. The van der Waals surface area contributed by atoms with E-state index in [0.29, 0.717) is 30.4 Å². The third kappa shape index (κ3) is 10.4. The summed E-state index contributed by atoms with van der Waals surface area (Å²) in [6, 6.07) is 7.21. The average Bonchev–Trinajstić information content (AvgIpc) is 2.86. The first-order valence-corrected chi connectivity index (χ1v) is 13.8. The number of benzene rings is 2. The van der Waals surface area contributed by atoms with Crippen molar-refractivity contribution in [1.82, 2.24) is 0 Å². The maximum atomic E-state index is 12.9. The number of Topliss-reactive ketones (excluding diaryl/α,β-unsaturated/α-hetero) is 1. The Kier molecular flexibility index (Phi) is 14.5. The predicted molar refractivity (Wildman–Crippen MR) is 140 cm³/mol. The Morgan fingerprint density at radius 1 is 0.732 bits per heavy atom. The molecule has 41 heavy (non-hydrogen) atoms. The van der Waals surface area contributed by atoms with Crippen molar-refractivity contribution in [3.05, 3.63) is 104 Å². The van der Waals surface area contributed by atoms with Crippen LogP contribution in [0.15, 0.2) is 91.9 Å². The van der Waals surface area contributed by atoms with Crippen molar-refractivity contribution in [2.45, 2.75) is 29.1 Å². The number of azide groups is 2. The molecule has 0 unspecified atom stereocenters. The molecule has 3 rings (SSSR count). The van der Waals surface area contributed by atoms with Crippen molar-refractivity contribution < 1.29 is 89.9 Å². The summed E-state index contributed by atoms with van der Waals surface area (Å²) in [5.74, 6) is -0.277. The summed E-state index contributed by atoms with van der Waals surface area (Å²) in [6.45, 7) is 0. The van der Waals surface area contributed by atoms with Crippen LogP contribution in [0.2, 0.25) is 0 Å². The molecule has 0 spiro atoms. The van der Waals surface area contributed by atoms with E-state index in [1.54, 1.807) is 0 Å². The number of nitrogens with zero attached hydrogens (tertiary/aromatic N) is 6. The molecule has 2 aromatic carbocycles. The first-order valence-electron chi connectivity index (χ1n) is 11.0. The second-order valence-electron chi connectivity index (χ2n) is 8.02. The molecule has 0 bridgehead atoms. The van der Waals surface area contributed by atoms with Crippen LogP contribution in [0.25, 0.3) is 33.0 Å². The van der Waals surface area contributed by atoms with Crippen molar-refractivity contribution in [2.24, 2.45) is 10.2 Å². The Labute approximate surface area is 280 Å². The van der Waals surface area contributed by atoms with E-state index in [9.17, 15) is 30.7 Å². The fourth-order valence-corrected chi connectivity index (χ4v) is 5.12. The molecule has 13 nitrogen and oxygen atoms in total. The maximum absolute atomic E-state index is 12.9. The Hall–Kier alpha value is -2.49. The van der Waals surface area contributed by atoms with Crippen molar-refractivity contribution in [3.63, 3.8) is 0 Å². The van der Waals surface area contributed by atoms with E-state index in [-0.39, 0.29) is 87.4 Å². The maximum Gasteiger partial charge on any atom is 1.00 e. The molecule has 2 aromatic rings. The van der Waals surface area contributed by atoms with Crippen molar-refractivity contribution in [1.29, 1.82) is 0 Å². The predicted octanol–water partition coefficient (Wildman–Crippen LogP) is -0.281. The van der Waals surface area contributed by atoms with Gasteiger partial charge in [0.25, 0.3) is 0 Å². The van der Waals surface area contributed by atoms with Gasteiger partial charge in [-0.3, -0.25) is 4.79 Å². The molecule has 1 saturated carbocycles. The van der Waals surface area contributed by atoms with Gasteiger partial charge in [-0.25, -0.2) is 16.8 Å². The third-order valence-corrected chi connectivity index (χ3v) is 7.26. The number of ketones is 1. The van der Waals surface area contributed by atoms with Gasteiger partial charge in [0.15, 0.2) is 5.78 Å². The molecule has 1 fully saturated rings. The molecule has 0 aromatic heterocycles. The van der Waals surface area contributed by atoms with E-state index in [1.165, 1.54) is 60.7 Å². The van der Waals surface area contributed by atoms with Gasteiger partial charge in [-0.1, -0.05) is 71.0 Å². The molecule has 0 aliphatic heterocycles. The van der Waals surface area contributed by atoms with Crippen LogP contribution in [0, 0.1) is 0 Å². The Morgan fingerprint density at radius 2 is 1.12 bits per heavy atom. The number of hydrogen-bond acceptors (Lipinski definition) is 9. The summed E-state index contributed by atoms with van der Waals surface area (Å²) >= 11 is 0. The van der Waals surface area contributed by atoms with E-state index in [2.05, 4.69) is 20.1 Å². The summed E-state index contributed by atoms with van der Waals surface area (Å²) < 4.78 is 69.7. The number of allylic oxidation sites excluding steroid dienone is 6. The summed E-state index contributed by atoms with van der Waals surface area (Å²) in [4.78, 5) is 16.9. The smallest absolute Gasteiger partial charge is 0.744 e. The zero-order valence-electron chi connectivity index (χ0n) is 21.9. The Balaban J connectivity index is 0.00000420. The molecule has 1 aliphatic rings. The fourth-order valence-electron chi connectivity index (χ4n) is 3.74. The summed E-state index contributed by atoms with van der Waals surface area (Å²) in [7, 11) is -9.73. The minimum absolute atomic E-state index is 0. The van der Waals surface area contributed by atoms with Gasteiger partial charge in [0.2, 0.25) is 0 Å². The van der Waals surface area contributed by atoms with Crippen molar-refractivity contribution >= 4 is 49.5 Å². The molecule has 1 aliphatic carbocycles. The first-order chi connectivity index (χ1) is 18.4.